The lowest BCUT2D eigenvalue weighted by molar-refractivity contribution is -0.329. The highest BCUT2D eigenvalue weighted by Crippen LogP contribution is 2.35. The Balaban J connectivity index is 2.71. The fourth-order valence-electron chi connectivity index (χ4n) is 4.51. The Morgan fingerprint density at radius 1 is 0.660 bits per heavy atom. The van der Waals surface area contributed by atoms with Gasteiger partial charge >= 0.3 is 23.9 Å². The van der Waals surface area contributed by atoms with Crippen LogP contribution in [0, 0.1) is 0 Å². The van der Waals surface area contributed by atoms with Gasteiger partial charge in [-0.05, 0) is 0 Å². The fourth-order valence-corrected chi connectivity index (χ4v) is 4.84. The predicted molar refractivity (Wildman–Crippen MR) is 159 cm³/mol. The maximum absolute atomic E-state index is 12.9. The van der Waals surface area contributed by atoms with Crippen LogP contribution in [0.25, 0.3) is 0 Å². The van der Waals surface area contributed by atoms with Crippen LogP contribution in [-0.2, 0) is 61.9 Å². The SMILES string of the molecule is CC(=O)OC[C@H]1O[C@@H](O[C@H]2[C@@H](OC(C)=O)[C@@H](NC(=O)C(Cl)(Cl)Cl)[C@@H](O)O[C@@H]2CO)[C@H](NC(=O)C(Cl)(Cl)Cl)[C@H](OC(C)=O)[C@@H]1OC(C)=O. The molecule has 0 bridgehead atoms. The number of hydrogen-bond acceptors (Lipinski definition) is 15. The lowest BCUT2D eigenvalue weighted by Gasteiger charge is -2.49. The fraction of sp³-hybridized carbons (Fsp3) is 0.750. The third-order valence-corrected chi connectivity index (χ3v) is 7.28. The Labute approximate surface area is 296 Å². The molecular weight excluding hydrogens is 769 g/mol. The van der Waals surface area contributed by atoms with E-state index in [1.54, 1.807) is 0 Å². The molecule has 0 radical (unpaired) electrons. The van der Waals surface area contributed by atoms with Gasteiger partial charge in [0.15, 0.2) is 30.9 Å². The molecule has 268 valence electrons. The molecule has 0 spiro atoms. The van der Waals surface area contributed by atoms with E-state index in [1.165, 1.54) is 0 Å². The summed E-state index contributed by atoms with van der Waals surface area (Å²) in [5.74, 6) is -6.31. The van der Waals surface area contributed by atoms with Crippen LogP contribution >= 0.6 is 69.6 Å². The number of carbonyl (C=O) groups is 6. The van der Waals surface area contributed by atoms with Gasteiger partial charge < -0.3 is 54.0 Å². The molecule has 0 saturated carbocycles. The molecule has 2 rings (SSSR count). The predicted octanol–water partition coefficient (Wildman–Crippen LogP) is -0.126. The summed E-state index contributed by atoms with van der Waals surface area (Å²) < 4.78 is 33.2. The summed E-state index contributed by atoms with van der Waals surface area (Å²) in [4.78, 5) is 73.6. The highest BCUT2D eigenvalue weighted by molar-refractivity contribution is 6.76. The molecule has 0 unspecified atom stereocenters. The molecule has 0 aromatic heterocycles. The zero-order valence-corrected chi connectivity index (χ0v) is 29.2. The normalized spacial score (nSPS) is 31.1. The van der Waals surface area contributed by atoms with E-state index in [4.69, 9.17) is 103 Å². The highest BCUT2D eigenvalue weighted by atomic mass is 35.6. The van der Waals surface area contributed by atoms with E-state index in [9.17, 15) is 39.0 Å². The minimum absolute atomic E-state index is 0.644. The van der Waals surface area contributed by atoms with Crippen LogP contribution in [0.1, 0.15) is 27.7 Å². The summed E-state index contributed by atoms with van der Waals surface area (Å²) >= 11 is 34.2. The molecule has 23 heteroatoms. The third kappa shape index (κ3) is 12.0. The second-order valence-corrected chi connectivity index (χ2v) is 14.5. The molecular formula is C24H30Cl6N2O15. The number of ether oxygens (including phenoxy) is 7. The molecule has 10 atom stereocenters. The Hall–Kier alpha value is -1.64. The molecule has 2 aliphatic heterocycles. The Bertz CT molecular complexity index is 1180. The zero-order chi connectivity index (χ0) is 36.0. The molecule has 2 saturated heterocycles. The molecule has 2 heterocycles. The molecule has 0 aliphatic carbocycles. The molecule has 17 nitrogen and oxygen atoms in total. The number of aliphatic hydroxyl groups excluding tert-OH is 2. The van der Waals surface area contributed by atoms with Crippen LogP contribution in [0.3, 0.4) is 0 Å². The molecule has 0 aromatic rings. The van der Waals surface area contributed by atoms with E-state index in [1.807, 2.05) is 0 Å². The van der Waals surface area contributed by atoms with E-state index >= 15 is 0 Å². The zero-order valence-electron chi connectivity index (χ0n) is 24.7. The Morgan fingerprint density at radius 3 is 1.53 bits per heavy atom. The average molecular weight is 799 g/mol. The van der Waals surface area contributed by atoms with Gasteiger partial charge in [-0.15, -0.1) is 0 Å². The molecule has 4 N–H and O–H groups in total. The quantitative estimate of drug-likeness (QED) is 0.128. The van der Waals surface area contributed by atoms with Gasteiger partial charge in [-0.25, -0.2) is 0 Å². The topological polar surface area (TPSA) is 232 Å². The maximum Gasteiger partial charge on any atom is 0.303 e. The number of carbonyl (C=O) groups excluding carboxylic acids is 6. The number of alkyl halides is 6. The summed E-state index contributed by atoms with van der Waals surface area (Å²) in [6, 6.07) is -3.49. The lowest BCUT2D eigenvalue weighted by atomic mass is 9.94. The number of hydrogen-bond donors (Lipinski definition) is 4. The van der Waals surface area contributed by atoms with Gasteiger partial charge in [-0.3, -0.25) is 28.8 Å². The van der Waals surface area contributed by atoms with Crippen LogP contribution in [0.5, 0.6) is 0 Å². The van der Waals surface area contributed by atoms with Crippen LogP contribution < -0.4 is 10.6 Å². The monoisotopic (exact) mass is 796 g/mol. The van der Waals surface area contributed by atoms with E-state index < -0.39 is 118 Å². The van der Waals surface area contributed by atoms with Crippen LogP contribution in [-0.4, -0.2) is 128 Å². The summed E-state index contributed by atoms with van der Waals surface area (Å²) in [6.45, 7) is 2.40. The summed E-state index contributed by atoms with van der Waals surface area (Å²) in [7, 11) is 0. The minimum atomic E-state index is -2.63. The number of nitrogens with one attached hydrogen (secondary N) is 2. The van der Waals surface area contributed by atoms with Crippen molar-refractivity contribution in [2.75, 3.05) is 13.2 Å². The number of esters is 4. The van der Waals surface area contributed by atoms with E-state index in [0.29, 0.717) is 0 Å². The van der Waals surface area contributed by atoms with Crippen LogP contribution in [0.15, 0.2) is 0 Å². The smallest absolute Gasteiger partial charge is 0.303 e. The van der Waals surface area contributed by atoms with Gasteiger partial charge in [-0.1, -0.05) is 69.6 Å². The third-order valence-electron chi connectivity index (χ3n) is 6.25. The first-order valence-electron chi connectivity index (χ1n) is 13.2. The molecule has 47 heavy (non-hydrogen) atoms. The molecule has 0 aromatic carbocycles. The first-order chi connectivity index (χ1) is 21.6. The first kappa shape index (κ1) is 41.5. The van der Waals surface area contributed by atoms with Gasteiger partial charge in [-0.2, -0.15) is 0 Å². The van der Waals surface area contributed by atoms with Crippen LogP contribution in [0.2, 0.25) is 0 Å². The number of halogens is 6. The first-order valence-corrected chi connectivity index (χ1v) is 15.5. The largest absolute Gasteiger partial charge is 0.463 e. The van der Waals surface area contributed by atoms with Crippen molar-refractivity contribution in [3.63, 3.8) is 0 Å². The van der Waals surface area contributed by atoms with E-state index in [2.05, 4.69) is 10.6 Å². The van der Waals surface area contributed by atoms with Crippen molar-refractivity contribution in [1.29, 1.82) is 0 Å². The Kier molecular flexibility index (Phi) is 15.3. The van der Waals surface area contributed by atoms with Crippen LogP contribution in [0.4, 0.5) is 0 Å². The van der Waals surface area contributed by atoms with Crippen molar-refractivity contribution in [2.45, 2.75) is 96.6 Å². The van der Waals surface area contributed by atoms with Gasteiger partial charge in [0.1, 0.15) is 37.0 Å². The van der Waals surface area contributed by atoms with Crippen molar-refractivity contribution in [3.05, 3.63) is 0 Å². The van der Waals surface area contributed by atoms with Crippen molar-refractivity contribution in [2.24, 2.45) is 0 Å². The summed E-state index contributed by atoms with van der Waals surface area (Å²) in [5, 5.41) is 25.2. The molecule has 2 amide bonds. The minimum Gasteiger partial charge on any atom is -0.463 e. The molecule has 2 fully saturated rings. The number of aliphatic hydroxyl groups is 2. The van der Waals surface area contributed by atoms with Crippen molar-refractivity contribution in [3.8, 4) is 0 Å². The van der Waals surface area contributed by atoms with Gasteiger partial charge in [0.2, 0.25) is 0 Å². The lowest BCUT2D eigenvalue weighted by Crippen LogP contribution is -2.71. The van der Waals surface area contributed by atoms with E-state index in [0.717, 1.165) is 27.7 Å². The Morgan fingerprint density at radius 2 is 1.11 bits per heavy atom. The van der Waals surface area contributed by atoms with E-state index in [-0.39, 0.29) is 0 Å². The average Bonchev–Trinajstić information content (AvgIpc) is 2.91. The van der Waals surface area contributed by atoms with Gasteiger partial charge in [0.05, 0.1) is 6.61 Å². The number of rotatable bonds is 10. The van der Waals surface area contributed by atoms with Crippen molar-refractivity contribution >= 4 is 105 Å². The summed E-state index contributed by atoms with van der Waals surface area (Å²) in [5.41, 5.74) is 0. The second kappa shape index (κ2) is 17.3. The maximum atomic E-state index is 12.9. The van der Waals surface area contributed by atoms with Gasteiger partial charge in [0.25, 0.3) is 19.4 Å². The standard InChI is InChI=1S/C24H30Cl6N2O15/c1-7(34)41-6-12-16(42-8(2)35)18(44-10(4)37)14(32-22(40)24(28,29)30)20(46-12)47-15-11(5-33)45-19(38)13(17(15)43-9(3)36)31-21(39)23(25,26)27/h11-20,33,38H,5-6H2,1-4H3,(H,31,39)(H,32,40)/t11-,12-,13-,14-,15-,16-,17+,18+,19+,20+/m1/s1. The molecule has 2 aliphatic rings. The highest BCUT2D eigenvalue weighted by Gasteiger charge is 2.56. The van der Waals surface area contributed by atoms with Crippen molar-refractivity contribution < 1.29 is 72.1 Å². The number of amides is 2. The summed E-state index contributed by atoms with van der Waals surface area (Å²) in [6.07, 6.45) is -13.8. The van der Waals surface area contributed by atoms with Crippen molar-refractivity contribution in [1.82, 2.24) is 10.6 Å². The second-order valence-electron chi connectivity index (χ2n) is 9.91. The van der Waals surface area contributed by atoms with Gasteiger partial charge in [0, 0.05) is 27.7 Å².